The number of Topliss-reactive ketones (excluding diaryl/α,β-unsaturated/α-hetero) is 1. The van der Waals surface area contributed by atoms with Crippen LogP contribution in [0.5, 0.6) is 5.75 Å². The van der Waals surface area contributed by atoms with Gasteiger partial charge in [-0.1, -0.05) is 18.2 Å². The maximum atomic E-state index is 12.6. The van der Waals surface area contributed by atoms with E-state index in [1.807, 2.05) is 52.0 Å². The van der Waals surface area contributed by atoms with Crippen LogP contribution in [0.4, 0.5) is 0 Å². The van der Waals surface area contributed by atoms with Crippen molar-refractivity contribution in [2.75, 3.05) is 13.2 Å². The third kappa shape index (κ3) is 5.29. The molecule has 2 aromatic carbocycles. The lowest BCUT2D eigenvalue weighted by molar-refractivity contribution is 0.0465. The molecule has 0 radical (unpaired) electrons. The maximum Gasteiger partial charge on any atom is 0.359 e. The zero-order valence-corrected chi connectivity index (χ0v) is 18.7. The van der Waals surface area contributed by atoms with Crippen molar-refractivity contribution in [3.05, 3.63) is 92.4 Å². The zero-order valence-electron chi connectivity index (χ0n) is 18.7. The van der Waals surface area contributed by atoms with E-state index in [-0.39, 0.29) is 30.2 Å². The molecule has 0 spiro atoms. The second-order valence-electron chi connectivity index (χ2n) is 7.56. The van der Waals surface area contributed by atoms with Gasteiger partial charge >= 0.3 is 5.97 Å². The molecule has 1 aromatic heterocycles. The predicted octanol–water partition coefficient (Wildman–Crippen LogP) is 3.60. The second kappa shape index (κ2) is 10.0. The second-order valence-corrected chi connectivity index (χ2v) is 7.56. The number of nitrogens with zero attached hydrogens (tertiary/aromatic N) is 2. The molecule has 0 aliphatic carbocycles. The van der Waals surface area contributed by atoms with Crippen molar-refractivity contribution in [3.63, 3.8) is 0 Å². The number of hydrogen-bond donors (Lipinski definition) is 0. The molecule has 0 unspecified atom stereocenters. The van der Waals surface area contributed by atoms with Gasteiger partial charge in [-0.25, -0.2) is 9.48 Å². The Balaban J connectivity index is 1.63. The predicted molar refractivity (Wildman–Crippen MR) is 120 cm³/mol. The SMILES string of the molecule is Cc1cc(C(=O)COC(=O)c2ccc(=O)n(CCOc3ccccc3)n2)c(C)c(C)c1C. The highest BCUT2D eigenvalue weighted by Gasteiger charge is 2.17. The van der Waals surface area contributed by atoms with Crippen molar-refractivity contribution in [2.24, 2.45) is 0 Å². The minimum Gasteiger partial charge on any atom is -0.492 e. The Kier molecular flexibility index (Phi) is 7.20. The molecular weight excluding hydrogens is 408 g/mol. The molecule has 3 aromatic rings. The summed E-state index contributed by atoms with van der Waals surface area (Å²) in [6, 6.07) is 13.5. The van der Waals surface area contributed by atoms with Crippen molar-refractivity contribution < 1.29 is 19.1 Å². The molecule has 1 heterocycles. The molecule has 32 heavy (non-hydrogen) atoms. The third-order valence-electron chi connectivity index (χ3n) is 5.51. The molecule has 0 fully saturated rings. The van der Waals surface area contributed by atoms with E-state index >= 15 is 0 Å². The summed E-state index contributed by atoms with van der Waals surface area (Å²) in [7, 11) is 0. The number of carbonyl (C=O) groups is 2. The first kappa shape index (κ1) is 22.9. The van der Waals surface area contributed by atoms with Crippen LogP contribution in [0.25, 0.3) is 0 Å². The van der Waals surface area contributed by atoms with Gasteiger partial charge in [0, 0.05) is 11.6 Å². The Hall–Kier alpha value is -3.74. The maximum absolute atomic E-state index is 12.6. The molecule has 0 bridgehead atoms. The number of para-hydroxylation sites is 1. The number of benzene rings is 2. The lowest BCUT2D eigenvalue weighted by Crippen LogP contribution is -2.27. The van der Waals surface area contributed by atoms with Gasteiger partial charge in [0.1, 0.15) is 12.4 Å². The Morgan fingerprint density at radius 3 is 2.38 bits per heavy atom. The Bertz CT molecular complexity index is 1200. The van der Waals surface area contributed by atoms with E-state index in [0.29, 0.717) is 11.3 Å². The van der Waals surface area contributed by atoms with Gasteiger partial charge in [0.05, 0.1) is 6.54 Å². The van der Waals surface area contributed by atoms with Crippen LogP contribution in [-0.2, 0) is 11.3 Å². The summed E-state index contributed by atoms with van der Waals surface area (Å²) in [5.41, 5.74) is 4.19. The van der Waals surface area contributed by atoms with E-state index < -0.39 is 12.6 Å². The highest BCUT2D eigenvalue weighted by Crippen LogP contribution is 2.21. The van der Waals surface area contributed by atoms with E-state index in [9.17, 15) is 14.4 Å². The molecular formula is C25H26N2O5. The molecule has 0 aliphatic rings. The number of rotatable bonds is 8. The smallest absolute Gasteiger partial charge is 0.359 e. The van der Waals surface area contributed by atoms with E-state index in [0.717, 1.165) is 26.9 Å². The van der Waals surface area contributed by atoms with Gasteiger partial charge in [-0.2, -0.15) is 5.10 Å². The number of ketones is 1. The lowest BCUT2D eigenvalue weighted by atomic mass is 9.93. The fourth-order valence-corrected chi connectivity index (χ4v) is 3.27. The van der Waals surface area contributed by atoms with Crippen molar-refractivity contribution in [3.8, 4) is 5.75 Å². The molecule has 0 amide bonds. The zero-order chi connectivity index (χ0) is 23.3. The molecule has 3 rings (SSSR count). The fraction of sp³-hybridized carbons (Fsp3) is 0.280. The summed E-state index contributed by atoms with van der Waals surface area (Å²) in [5.74, 6) is -0.382. The summed E-state index contributed by atoms with van der Waals surface area (Å²) >= 11 is 0. The molecule has 166 valence electrons. The van der Waals surface area contributed by atoms with Gasteiger partial charge < -0.3 is 9.47 Å². The number of aromatic nitrogens is 2. The van der Waals surface area contributed by atoms with Gasteiger partial charge in [0.2, 0.25) is 5.78 Å². The van der Waals surface area contributed by atoms with Crippen LogP contribution in [-0.4, -0.2) is 34.7 Å². The van der Waals surface area contributed by atoms with Crippen LogP contribution < -0.4 is 10.3 Å². The Labute approximate surface area is 186 Å². The lowest BCUT2D eigenvalue weighted by Gasteiger charge is -2.13. The van der Waals surface area contributed by atoms with Crippen LogP contribution >= 0.6 is 0 Å². The average molecular weight is 434 g/mol. The van der Waals surface area contributed by atoms with E-state index in [4.69, 9.17) is 9.47 Å². The molecule has 0 aliphatic heterocycles. The van der Waals surface area contributed by atoms with Crippen molar-refractivity contribution >= 4 is 11.8 Å². The average Bonchev–Trinajstić information content (AvgIpc) is 2.80. The van der Waals surface area contributed by atoms with Gasteiger partial charge in [-0.15, -0.1) is 0 Å². The molecule has 7 nitrogen and oxygen atoms in total. The van der Waals surface area contributed by atoms with Crippen molar-refractivity contribution in [1.29, 1.82) is 0 Å². The van der Waals surface area contributed by atoms with Gasteiger partial charge in [0.25, 0.3) is 5.56 Å². The van der Waals surface area contributed by atoms with E-state index in [1.165, 1.54) is 12.1 Å². The fourth-order valence-electron chi connectivity index (χ4n) is 3.27. The molecule has 0 saturated heterocycles. The number of carbonyl (C=O) groups excluding carboxylic acids is 2. The molecule has 7 heteroatoms. The van der Waals surface area contributed by atoms with Crippen LogP contribution in [0.1, 0.15) is 43.1 Å². The minimum absolute atomic E-state index is 0.0508. The summed E-state index contributed by atoms with van der Waals surface area (Å²) < 4.78 is 11.9. The van der Waals surface area contributed by atoms with Crippen molar-refractivity contribution in [2.45, 2.75) is 34.2 Å². The number of esters is 1. The van der Waals surface area contributed by atoms with Crippen molar-refractivity contribution in [1.82, 2.24) is 9.78 Å². The van der Waals surface area contributed by atoms with Crippen LogP contribution in [0.3, 0.4) is 0 Å². The van der Waals surface area contributed by atoms with Crippen LogP contribution in [0.2, 0.25) is 0 Å². The topological polar surface area (TPSA) is 87.5 Å². The quantitative estimate of drug-likeness (QED) is 0.398. The number of hydrogen-bond acceptors (Lipinski definition) is 6. The Morgan fingerprint density at radius 1 is 0.938 bits per heavy atom. The largest absolute Gasteiger partial charge is 0.492 e. The van der Waals surface area contributed by atoms with E-state index in [1.54, 1.807) is 12.1 Å². The first-order chi connectivity index (χ1) is 15.3. The van der Waals surface area contributed by atoms with Crippen LogP contribution in [0, 0.1) is 27.7 Å². The summed E-state index contributed by atoms with van der Waals surface area (Å²) in [6.07, 6.45) is 0. The van der Waals surface area contributed by atoms with Crippen LogP contribution in [0.15, 0.2) is 53.3 Å². The van der Waals surface area contributed by atoms with Gasteiger partial charge in [-0.05, 0) is 74.2 Å². The normalized spacial score (nSPS) is 10.6. The van der Waals surface area contributed by atoms with Gasteiger partial charge in [-0.3, -0.25) is 9.59 Å². The van der Waals surface area contributed by atoms with E-state index in [2.05, 4.69) is 5.10 Å². The minimum atomic E-state index is -0.769. The highest BCUT2D eigenvalue weighted by atomic mass is 16.5. The number of ether oxygens (including phenoxy) is 2. The molecule has 0 saturated carbocycles. The first-order valence-corrected chi connectivity index (χ1v) is 10.3. The Morgan fingerprint density at radius 2 is 1.66 bits per heavy atom. The molecule has 0 N–H and O–H groups in total. The first-order valence-electron chi connectivity index (χ1n) is 10.3. The summed E-state index contributed by atoms with van der Waals surface area (Å²) in [6.45, 7) is 7.77. The highest BCUT2D eigenvalue weighted by molar-refractivity contribution is 6.00. The summed E-state index contributed by atoms with van der Waals surface area (Å²) in [4.78, 5) is 37.1. The number of aryl methyl sites for hydroxylation is 1. The monoisotopic (exact) mass is 434 g/mol. The standard InChI is InChI=1S/C25H26N2O5/c1-16-14-21(19(4)18(3)17(16)2)23(28)15-32-25(30)22-10-11-24(29)27(26-22)12-13-31-20-8-6-5-7-9-20/h5-11,14H,12-13,15H2,1-4H3. The summed E-state index contributed by atoms with van der Waals surface area (Å²) in [5, 5.41) is 4.05. The van der Waals surface area contributed by atoms with Gasteiger partial charge in [0.15, 0.2) is 12.3 Å². The molecule has 0 atom stereocenters. The third-order valence-corrected chi connectivity index (χ3v) is 5.51.